The summed E-state index contributed by atoms with van der Waals surface area (Å²) in [5.41, 5.74) is 0.941. The van der Waals surface area contributed by atoms with E-state index in [9.17, 15) is 5.11 Å². The Hall–Kier alpha value is -0.0300. The molecule has 0 amide bonds. The molecule has 1 aliphatic heterocycles. The predicted octanol–water partition coefficient (Wildman–Crippen LogP) is 2.74. The second kappa shape index (κ2) is 8.30. The van der Waals surface area contributed by atoms with Crippen LogP contribution in [0.1, 0.15) is 18.0 Å². The smallest absolute Gasteiger partial charge is 0.0468 e. The third-order valence-electron chi connectivity index (χ3n) is 3.33. The van der Waals surface area contributed by atoms with Crippen molar-refractivity contribution in [3.63, 3.8) is 0 Å². The van der Waals surface area contributed by atoms with E-state index in [-0.39, 0.29) is 25.1 Å². The maximum Gasteiger partial charge on any atom is 0.0468 e. The molecule has 0 saturated carbocycles. The fraction of sp³-hybridized carbons (Fsp3) is 0.538. The van der Waals surface area contributed by atoms with Crippen molar-refractivity contribution in [2.45, 2.75) is 12.5 Å². The van der Waals surface area contributed by atoms with Gasteiger partial charge in [0.25, 0.3) is 0 Å². The van der Waals surface area contributed by atoms with Crippen molar-refractivity contribution >= 4 is 35.6 Å². The first-order valence-electron chi connectivity index (χ1n) is 6.23. The summed E-state index contributed by atoms with van der Waals surface area (Å²) in [4.78, 5) is 2.33. The number of halogens is 3. The van der Waals surface area contributed by atoms with Crippen molar-refractivity contribution in [1.82, 2.24) is 10.2 Å². The first-order valence-corrected chi connectivity index (χ1v) is 6.99. The summed E-state index contributed by atoms with van der Waals surface area (Å²) in [6, 6.07) is 5.66. The Bertz CT molecular complexity index is 377. The van der Waals surface area contributed by atoms with Crippen molar-refractivity contribution in [3.8, 4) is 0 Å². The number of benzene rings is 1. The minimum Gasteiger partial charge on any atom is -0.396 e. The molecule has 6 heteroatoms. The van der Waals surface area contributed by atoms with E-state index in [4.69, 9.17) is 23.2 Å². The van der Waals surface area contributed by atoms with Gasteiger partial charge in [-0.15, -0.1) is 12.4 Å². The molecule has 0 aliphatic carbocycles. The minimum absolute atomic E-state index is 0. The van der Waals surface area contributed by atoms with Gasteiger partial charge in [0.1, 0.15) is 0 Å². The second-order valence-electron chi connectivity index (χ2n) is 4.45. The first kappa shape index (κ1) is 17.0. The molecule has 0 aromatic heterocycles. The molecule has 0 radical (unpaired) electrons. The van der Waals surface area contributed by atoms with Gasteiger partial charge in [-0.1, -0.05) is 29.3 Å². The van der Waals surface area contributed by atoms with Crippen molar-refractivity contribution in [1.29, 1.82) is 0 Å². The molecule has 108 valence electrons. The number of hydrogen-bond donors (Lipinski definition) is 2. The molecule has 0 spiro atoms. The van der Waals surface area contributed by atoms with E-state index in [1.165, 1.54) is 0 Å². The molecule has 1 aromatic rings. The first-order chi connectivity index (χ1) is 8.74. The zero-order chi connectivity index (χ0) is 13.0. The number of aliphatic hydroxyl groups excluding tert-OH is 1. The second-order valence-corrected chi connectivity index (χ2v) is 5.26. The van der Waals surface area contributed by atoms with Crippen LogP contribution in [0.5, 0.6) is 0 Å². The van der Waals surface area contributed by atoms with Gasteiger partial charge in [0.05, 0.1) is 0 Å². The standard InChI is InChI=1S/C13H18Cl2N2O.ClH/c14-10-2-1-3-11(15)13(10)12(4-9-18)17-7-5-16-6-8-17;/h1-3,12,16,18H,4-9H2;1H/t12-;/m1./s1. The van der Waals surface area contributed by atoms with Gasteiger partial charge in [-0.05, 0) is 18.6 Å². The van der Waals surface area contributed by atoms with Gasteiger partial charge in [0.15, 0.2) is 0 Å². The number of nitrogens with one attached hydrogen (secondary N) is 1. The van der Waals surface area contributed by atoms with Crippen molar-refractivity contribution in [3.05, 3.63) is 33.8 Å². The highest BCUT2D eigenvalue weighted by atomic mass is 35.5. The molecule has 2 rings (SSSR count). The molecule has 1 fully saturated rings. The Morgan fingerprint density at radius 2 is 1.79 bits per heavy atom. The van der Waals surface area contributed by atoms with Gasteiger partial charge >= 0.3 is 0 Å². The fourth-order valence-corrected chi connectivity index (χ4v) is 3.10. The number of hydrogen-bond acceptors (Lipinski definition) is 3. The molecule has 1 aromatic carbocycles. The van der Waals surface area contributed by atoms with E-state index in [1.54, 1.807) is 0 Å². The molecule has 0 bridgehead atoms. The van der Waals surface area contributed by atoms with Crippen LogP contribution in [0.3, 0.4) is 0 Å². The Kier molecular flexibility index (Phi) is 7.44. The SMILES string of the molecule is Cl.OCC[C@H](c1c(Cl)cccc1Cl)N1CCNCC1. The molecular formula is C13H19Cl3N2O. The van der Waals surface area contributed by atoms with Crippen LogP contribution in [0.25, 0.3) is 0 Å². The lowest BCUT2D eigenvalue weighted by atomic mass is 10.0. The average molecular weight is 326 g/mol. The van der Waals surface area contributed by atoms with Crippen LogP contribution in [0.4, 0.5) is 0 Å². The Balaban J connectivity index is 0.00000180. The molecule has 0 unspecified atom stereocenters. The van der Waals surface area contributed by atoms with Gasteiger partial charge < -0.3 is 10.4 Å². The van der Waals surface area contributed by atoms with Gasteiger partial charge in [0, 0.05) is 54.4 Å². The normalized spacial score (nSPS) is 17.8. The molecule has 2 N–H and O–H groups in total. The molecule has 1 aliphatic rings. The molecule has 3 nitrogen and oxygen atoms in total. The summed E-state index contributed by atoms with van der Waals surface area (Å²) in [5.74, 6) is 0. The lowest BCUT2D eigenvalue weighted by Gasteiger charge is -2.35. The maximum atomic E-state index is 9.28. The summed E-state index contributed by atoms with van der Waals surface area (Å²) in [7, 11) is 0. The van der Waals surface area contributed by atoms with Crippen molar-refractivity contribution in [2.24, 2.45) is 0 Å². The van der Waals surface area contributed by atoms with E-state index in [1.807, 2.05) is 18.2 Å². The number of piperazine rings is 1. The van der Waals surface area contributed by atoms with E-state index in [0.717, 1.165) is 31.7 Å². The van der Waals surface area contributed by atoms with Gasteiger partial charge in [-0.3, -0.25) is 4.90 Å². The zero-order valence-corrected chi connectivity index (χ0v) is 12.9. The van der Waals surface area contributed by atoms with Gasteiger partial charge in [-0.25, -0.2) is 0 Å². The quantitative estimate of drug-likeness (QED) is 0.893. The number of nitrogens with zero attached hydrogens (tertiary/aromatic N) is 1. The molecule has 1 saturated heterocycles. The van der Waals surface area contributed by atoms with Crippen LogP contribution in [-0.2, 0) is 0 Å². The molecular weight excluding hydrogens is 307 g/mol. The van der Waals surface area contributed by atoms with Gasteiger partial charge in [0.2, 0.25) is 0 Å². The fourth-order valence-electron chi connectivity index (χ4n) is 2.45. The van der Waals surface area contributed by atoms with Crippen LogP contribution in [-0.4, -0.2) is 42.8 Å². The van der Waals surface area contributed by atoms with E-state index in [0.29, 0.717) is 16.5 Å². The van der Waals surface area contributed by atoms with Crippen LogP contribution in [0.15, 0.2) is 18.2 Å². The number of rotatable bonds is 4. The lowest BCUT2D eigenvalue weighted by molar-refractivity contribution is 0.141. The third-order valence-corrected chi connectivity index (χ3v) is 3.99. The van der Waals surface area contributed by atoms with E-state index in [2.05, 4.69) is 10.2 Å². The van der Waals surface area contributed by atoms with Gasteiger partial charge in [-0.2, -0.15) is 0 Å². The Morgan fingerprint density at radius 1 is 1.21 bits per heavy atom. The molecule has 1 heterocycles. The predicted molar refractivity (Wildman–Crippen MR) is 82.6 cm³/mol. The minimum atomic E-state index is 0. The van der Waals surface area contributed by atoms with Crippen LogP contribution in [0.2, 0.25) is 10.0 Å². The molecule has 19 heavy (non-hydrogen) atoms. The summed E-state index contributed by atoms with van der Waals surface area (Å²) in [6.45, 7) is 3.96. The molecule has 1 atom stereocenters. The van der Waals surface area contributed by atoms with Crippen LogP contribution >= 0.6 is 35.6 Å². The monoisotopic (exact) mass is 324 g/mol. The summed E-state index contributed by atoms with van der Waals surface area (Å²) < 4.78 is 0. The highest BCUT2D eigenvalue weighted by Gasteiger charge is 2.25. The highest BCUT2D eigenvalue weighted by molar-refractivity contribution is 6.36. The third kappa shape index (κ3) is 4.22. The van der Waals surface area contributed by atoms with Crippen molar-refractivity contribution in [2.75, 3.05) is 32.8 Å². The Morgan fingerprint density at radius 3 is 2.32 bits per heavy atom. The zero-order valence-electron chi connectivity index (χ0n) is 10.6. The summed E-state index contributed by atoms with van der Waals surface area (Å²) >= 11 is 12.5. The Labute approximate surface area is 130 Å². The summed E-state index contributed by atoms with van der Waals surface area (Å²) in [5, 5.41) is 14.0. The highest BCUT2D eigenvalue weighted by Crippen LogP contribution is 2.35. The largest absolute Gasteiger partial charge is 0.396 e. The van der Waals surface area contributed by atoms with Crippen molar-refractivity contribution < 1.29 is 5.11 Å². The number of aliphatic hydroxyl groups is 1. The average Bonchev–Trinajstić information content (AvgIpc) is 2.38. The van der Waals surface area contributed by atoms with E-state index >= 15 is 0 Å². The summed E-state index contributed by atoms with van der Waals surface area (Å²) in [6.07, 6.45) is 0.656. The maximum absolute atomic E-state index is 9.28. The van der Waals surface area contributed by atoms with Crippen LogP contribution < -0.4 is 5.32 Å². The van der Waals surface area contributed by atoms with Crippen LogP contribution in [0, 0.1) is 0 Å². The lowest BCUT2D eigenvalue weighted by Crippen LogP contribution is -2.45. The van der Waals surface area contributed by atoms with E-state index < -0.39 is 0 Å². The topological polar surface area (TPSA) is 35.5 Å².